The van der Waals surface area contributed by atoms with Crippen molar-refractivity contribution < 1.29 is 13.9 Å². The van der Waals surface area contributed by atoms with Gasteiger partial charge in [-0.15, -0.1) is 24.0 Å². The van der Waals surface area contributed by atoms with Gasteiger partial charge in [0, 0.05) is 45.5 Å². The fourth-order valence-corrected chi connectivity index (χ4v) is 2.10. The number of nitrogens with zero attached hydrogens (tertiary/aromatic N) is 1. The summed E-state index contributed by atoms with van der Waals surface area (Å²) in [6.45, 7) is 9.80. The number of rotatable bonds is 11. The van der Waals surface area contributed by atoms with Gasteiger partial charge in [0.25, 0.3) is 5.91 Å². The van der Waals surface area contributed by atoms with Crippen molar-refractivity contribution in [2.24, 2.45) is 10.9 Å². The van der Waals surface area contributed by atoms with Gasteiger partial charge >= 0.3 is 0 Å². The minimum atomic E-state index is -0.175. The topological polar surface area (TPSA) is 87.9 Å². The molecule has 0 saturated carbocycles. The molecule has 150 valence electrons. The zero-order valence-corrected chi connectivity index (χ0v) is 18.6. The van der Waals surface area contributed by atoms with Crippen LogP contribution in [0.4, 0.5) is 0 Å². The average molecular weight is 480 g/mol. The number of guanidine groups is 1. The number of hydrogen-bond donors (Lipinski definition) is 3. The number of aliphatic imine (C=N–C) groups is 1. The van der Waals surface area contributed by atoms with Gasteiger partial charge in [-0.25, -0.2) is 0 Å². The number of carbonyl (C=O) groups is 1. The summed E-state index contributed by atoms with van der Waals surface area (Å²) in [6, 6.07) is 1.78. The quantitative estimate of drug-likeness (QED) is 0.196. The number of nitrogens with one attached hydrogen (secondary N) is 3. The van der Waals surface area contributed by atoms with E-state index in [1.165, 1.54) is 6.26 Å². The molecule has 0 aliphatic heterocycles. The Hall–Kier alpha value is -1.29. The summed E-state index contributed by atoms with van der Waals surface area (Å²) in [6.07, 6.45) is 3.25. The molecular weight excluding hydrogens is 447 g/mol. The van der Waals surface area contributed by atoms with E-state index in [0.29, 0.717) is 18.2 Å². The summed E-state index contributed by atoms with van der Waals surface area (Å²) in [5, 5.41) is 9.31. The minimum Gasteiger partial charge on any atom is -0.459 e. The molecule has 0 unspecified atom stereocenters. The van der Waals surface area contributed by atoms with Crippen LogP contribution in [0.5, 0.6) is 0 Å². The molecule has 3 N–H and O–H groups in total. The first-order valence-corrected chi connectivity index (χ1v) is 8.89. The van der Waals surface area contributed by atoms with Gasteiger partial charge in [-0.05, 0) is 31.7 Å². The van der Waals surface area contributed by atoms with Crippen molar-refractivity contribution in [2.45, 2.75) is 33.6 Å². The summed E-state index contributed by atoms with van der Waals surface area (Å²) >= 11 is 0. The predicted octanol–water partition coefficient (Wildman–Crippen LogP) is 2.55. The molecule has 0 fully saturated rings. The molecule has 0 aliphatic carbocycles. The molecule has 1 heterocycles. The summed E-state index contributed by atoms with van der Waals surface area (Å²) in [4.78, 5) is 16.0. The van der Waals surface area contributed by atoms with Crippen molar-refractivity contribution >= 4 is 35.8 Å². The van der Waals surface area contributed by atoms with Crippen molar-refractivity contribution in [3.63, 3.8) is 0 Å². The summed E-state index contributed by atoms with van der Waals surface area (Å²) < 4.78 is 10.7. The van der Waals surface area contributed by atoms with Crippen LogP contribution in [0.25, 0.3) is 0 Å². The highest BCUT2D eigenvalue weighted by atomic mass is 127. The van der Waals surface area contributed by atoms with Crippen LogP contribution in [-0.4, -0.2) is 51.8 Å². The largest absolute Gasteiger partial charge is 0.459 e. The highest BCUT2D eigenvalue weighted by molar-refractivity contribution is 14.0. The second kappa shape index (κ2) is 14.8. The van der Waals surface area contributed by atoms with Gasteiger partial charge < -0.3 is 25.1 Å². The Balaban J connectivity index is 0.00000625. The van der Waals surface area contributed by atoms with Crippen LogP contribution in [-0.2, 0) is 4.74 Å². The second-order valence-corrected chi connectivity index (χ2v) is 6.29. The third kappa shape index (κ3) is 10.6. The molecule has 7 nitrogen and oxygen atoms in total. The number of ether oxygens (including phenoxy) is 1. The smallest absolute Gasteiger partial charge is 0.287 e. The predicted molar refractivity (Wildman–Crippen MR) is 115 cm³/mol. The van der Waals surface area contributed by atoms with Gasteiger partial charge in [-0.1, -0.05) is 13.8 Å². The summed E-state index contributed by atoms with van der Waals surface area (Å²) in [5.74, 6) is 1.54. The van der Waals surface area contributed by atoms with E-state index in [9.17, 15) is 4.79 Å². The van der Waals surface area contributed by atoms with Crippen LogP contribution in [0.2, 0.25) is 0 Å². The fraction of sp³-hybridized carbons (Fsp3) is 0.667. The molecule has 0 saturated heterocycles. The highest BCUT2D eigenvalue weighted by Gasteiger charge is 2.11. The average Bonchev–Trinajstić information content (AvgIpc) is 3.01. The number of furan rings is 1. The monoisotopic (exact) mass is 480 g/mol. The first-order valence-electron chi connectivity index (χ1n) is 8.89. The molecule has 0 aromatic carbocycles. The van der Waals surface area contributed by atoms with Crippen molar-refractivity contribution in [1.82, 2.24) is 16.0 Å². The molecule has 0 atom stereocenters. The summed E-state index contributed by atoms with van der Waals surface area (Å²) in [7, 11) is 1.74. The van der Waals surface area contributed by atoms with Gasteiger partial charge in [0.1, 0.15) is 0 Å². The van der Waals surface area contributed by atoms with E-state index in [0.717, 1.165) is 50.7 Å². The molecule has 0 bridgehead atoms. The van der Waals surface area contributed by atoms with Crippen LogP contribution < -0.4 is 16.0 Å². The van der Waals surface area contributed by atoms with E-state index in [-0.39, 0.29) is 29.9 Å². The van der Waals surface area contributed by atoms with Gasteiger partial charge in [0.05, 0.1) is 6.26 Å². The molecule has 0 aliphatic rings. The lowest BCUT2D eigenvalue weighted by Crippen LogP contribution is -2.39. The third-order valence-electron chi connectivity index (χ3n) is 3.43. The van der Waals surface area contributed by atoms with Gasteiger partial charge in [-0.2, -0.15) is 0 Å². The zero-order chi connectivity index (χ0) is 18.5. The number of halogens is 1. The molecule has 8 heteroatoms. The maximum Gasteiger partial charge on any atom is 0.287 e. The Labute approximate surface area is 173 Å². The van der Waals surface area contributed by atoms with Crippen LogP contribution in [0.3, 0.4) is 0 Å². The van der Waals surface area contributed by atoms with Gasteiger partial charge in [0.2, 0.25) is 0 Å². The lowest BCUT2D eigenvalue weighted by molar-refractivity contribution is 0.0925. The van der Waals surface area contributed by atoms with Crippen molar-refractivity contribution in [3.05, 3.63) is 23.7 Å². The number of aryl methyl sites for hydroxylation is 1. The maximum atomic E-state index is 11.9. The Morgan fingerprint density at radius 3 is 2.42 bits per heavy atom. The lowest BCUT2D eigenvalue weighted by Gasteiger charge is -2.12. The first-order chi connectivity index (χ1) is 12.0. The standard InChI is InChI=1S/C18H32N4O3.HI/c1-14(2)13-24-11-6-10-22-18(19-4)21-9-5-8-20-17(23)16-15(3)7-12-25-16;/h7,12,14H,5-6,8-11,13H2,1-4H3,(H,20,23)(H2,19,21,22);1H. The van der Waals surface area contributed by atoms with E-state index >= 15 is 0 Å². The van der Waals surface area contributed by atoms with Crippen molar-refractivity contribution in [2.75, 3.05) is 39.9 Å². The zero-order valence-electron chi connectivity index (χ0n) is 16.3. The Kier molecular flexibility index (Phi) is 14.1. The van der Waals surface area contributed by atoms with E-state index in [2.05, 4.69) is 34.8 Å². The van der Waals surface area contributed by atoms with E-state index < -0.39 is 0 Å². The number of amides is 1. The minimum absolute atomic E-state index is 0. The van der Waals surface area contributed by atoms with E-state index in [1.54, 1.807) is 13.1 Å². The highest BCUT2D eigenvalue weighted by Crippen LogP contribution is 2.07. The SMILES string of the molecule is CN=C(NCCCNC(=O)c1occc1C)NCCCOCC(C)C.I. The van der Waals surface area contributed by atoms with Crippen LogP contribution in [0.1, 0.15) is 42.8 Å². The normalized spacial score (nSPS) is 11.2. The number of carbonyl (C=O) groups excluding carboxylic acids is 1. The first kappa shape index (κ1) is 24.7. The molecule has 1 rings (SSSR count). The maximum absolute atomic E-state index is 11.9. The Morgan fingerprint density at radius 1 is 1.19 bits per heavy atom. The third-order valence-corrected chi connectivity index (χ3v) is 3.43. The van der Waals surface area contributed by atoms with Gasteiger partial charge in [0.15, 0.2) is 11.7 Å². The molecule has 1 amide bonds. The van der Waals surface area contributed by atoms with Crippen LogP contribution in [0, 0.1) is 12.8 Å². The van der Waals surface area contributed by atoms with E-state index in [1.807, 2.05) is 6.92 Å². The van der Waals surface area contributed by atoms with Crippen molar-refractivity contribution in [3.8, 4) is 0 Å². The van der Waals surface area contributed by atoms with Gasteiger partial charge in [-0.3, -0.25) is 9.79 Å². The molecule has 0 radical (unpaired) electrons. The van der Waals surface area contributed by atoms with Crippen LogP contribution in [0.15, 0.2) is 21.7 Å². The summed E-state index contributed by atoms with van der Waals surface area (Å²) in [5.41, 5.74) is 0.845. The fourth-order valence-electron chi connectivity index (χ4n) is 2.10. The van der Waals surface area contributed by atoms with E-state index in [4.69, 9.17) is 9.15 Å². The lowest BCUT2D eigenvalue weighted by atomic mass is 10.2. The molecule has 26 heavy (non-hydrogen) atoms. The molecule has 0 spiro atoms. The van der Waals surface area contributed by atoms with Crippen LogP contribution >= 0.6 is 24.0 Å². The van der Waals surface area contributed by atoms with Crippen molar-refractivity contribution in [1.29, 1.82) is 0 Å². The Morgan fingerprint density at radius 2 is 1.85 bits per heavy atom. The Bertz CT molecular complexity index is 532. The molecule has 1 aromatic heterocycles. The molecule has 1 aromatic rings. The number of hydrogen-bond acceptors (Lipinski definition) is 4. The second-order valence-electron chi connectivity index (χ2n) is 6.29. The molecular formula is C18H33IN4O3.